The SMILES string of the molecule is CN1CCN(Cc2c[nH]c(=S)n2C(O)C(F)(F)F)CC1. The molecule has 0 spiro atoms. The molecule has 1 aliphatic heterocycles. The van der Waals surface area contributed by atoms with Gasteiger partial charge in [0.15, 0.2) is 4.77 Å². The maximum absolute atomic E-state index is 12.7. The van der Waals surface area contributed by atoms with E-state index in [1.807, 2.05) is 11.9 Å². The molecule has 0 amide bonds. The predicted molar refractivity (Wildman–Crippen MR) is 69.7 cm³/mol. The second kappa shape index (κ2) is 5.84. The van der Waals surface area contributed by atoms with Gasteiger partial charge in [-0.05, 0) is 19.3 Å². The molecule has 0 aromatic carbocycles. The first kappa shape index (κ1) is 15.5. The number of rotatable bonds is 3. The number of halogens is 3. The molecule has 0 saturated carbocycles. The summed E-state index contributed by atoms with van der Waals surface area (Å²) in [5, 5.41) is 9.40. The van der Waals surface area contributed by atoms with Crippen LogP contribution in [0.5, 0.6) is 0 Å². The lowest BCUT2D eigenvalue weighted by molar-refractivity contribution is -0.232. The fourth-order valence-corrected chi connectivity index (χ4v) is 2.46. The van der Waals surface area contributed by atoms with Crippen molar-refractivity contribution < 1.29 is 18.3 Å². The highest BCUT2D eigenvalue weighted by atomic mass is 32.1. The number of H-pyrrole nitrogens is 1. The van der Waals surface area contributed by atoms with E-state index in [-0.39, 0.29) is 4.77 Å². The molecule has 2 heterocycles. The standard InChI is InChI=1S/C11H17F3N4OS/c1-16-2-4-17(5-3-16)7-8-6-15-10(20)18(8)9(19)11(12,13)14/h6,9,19H,2-5,7H2,1H3,(H,15,20). The van der Waals surface area contributed by atoms with Crippen molar-refractivity contribution in [2.24, 2.45) is 0 Å². The number of aromatic nitrogens is 2. The highest BCUT2D eigenvalue weighted by molar-refractivity contribution is 7.71. The van der Waals surface area contributed by atoms with Crippen LogP contribution in [0, 0.1) is 4.77 Å². The first-order valence-corrected chi connectivity index (χ1v) is 6.64. The fraction of sp³-hybridized carbons (Fsp3) is 0.727. The molecule has 114 valence electrons. The summed E-state index contributed by atoms with van der Waals surface area (Å²) in [5.41, 5.74) is 0.337. The van der Waals surface area contributed by atoms with Gasteiger partial charge in [0.1, 0.15) is 0 Å². The van der Waals surface area contributed by atoms with Crippen LogP contribution in [0.15, 0.2) is 6.20 Å². The zero-order chi connectivity index (χ0) is 14.9. The van der Waals surface area contributed by atoms with Crippen molar-refractivity contribution >= 4 is 12.2 Å². The molecule has 2 rings (SSSR count). The predicted octanol–water partition coefficient (Wildman–Crippen LogP) is 1.35. The van der Waals surface area contributed by atoms with Crippen LogP contribution in [0.3, 0.4) is 0 Å². The number of hydrogen-bond acceptors (Lipinski definition) is 4. The van der Waals surface area contributed by atoms with E-state index in [2.05, 4.69) is 9.88 Å². The molecule has 1 aromatic heterocycles. The number of aliphatic hydroxyl groups excluding tert-OH is 1. The van der Waals surface area contributed by atoms with Gasteiger partial charge in [0, 0.05) is 38.9 Å². The van der Waals surface area contributed by atoms with Crippen LogP contribution in [0.4, 0.5) is 13.2 Å². The lowest BCUT2D eigenvalue weighted by Gasteiger charge is -2.32. The number of nitrogens with zero attached hydrogens (tertiary/aromatic N) is 3. The Balaban J connectivity index is 2.15. The molecule has 2 N–H and O–H groups in total. The summed E-state index contributed by atoms with van der Waals surface area (Å²) in [7, 11) is 2.00. The Morgan fingerprint density at radius 2 is 1.95 bits per heavy atom. The smallest absolute Gasteiger partial charge is 0.365 e. The highest BCUT2D eigenvalue weighted by Gasteiger charge is 2.41. The van der Waals surface area contributed by atoms with Crippen LogP contribution in [0.1, 0.15) is 11.9 Å². The lowest BCUT2D eigenvalue weighted by Crippen LogP contribution is -2.44. The minimum absolute atomic E-state index is 0.126. The first-order valence-electron chi connectivity index (χ1n) is 6.23. The van der Waals surface area contributed by atoms with Gasteiger partial charge in [-0.15, -0.1) is 0 Å². The summed E-state index contributed by atoms with van der Waals surface area (Å²) >= 11 is 4.83. The molecule has 0 aliphatic carbocycles. The van der Waals surface area contributed by atoms with E-state index in [9.17, 15) is 18.3 Å². The Kier molecular flexibility index (Phi) is 4.52. The summed E-state index contributed by atoms with van der Waals surface area (Å²) in [4.78, 5) is 6.77. The molecule has 5 nitrogen and oxygen atoms in total. The fourth-order valence-electron chi connectivity index (χ4n) is 2.19. The van der Waals surface area contributed by atoms with Crippen molar-refractivity contribution in [1.29, 1.82) is 0 Å². The zero-order valence-corrected chi connectivity index (χ0v) is 11.8. The topological polar surface area (TPSA) is 47.4 Å². The molecule has 1 aliphatic rings. The Morgan fingerprint density at radius 3 is 2.50 bits per heavy atom. The second-order valence-electron chi connectivity index (χ2n) is 4.95. The number of hydrogen-bond donors (Lipinski definition) is 2. The third-order valence-electron chi connectivity index (χ3n) is 3.41. The van der Waals surface area contributed by atoms with Crippen molar-refractivity contribution in [3.05, 3.63) is 16.7 Å². The lowest BCUT2D eigenvalue weighted by atomic mass is 10.3. The molecular weight excluding hydrogens is 293 g/mol. The number of likely N-dealkylation sites (N-methyl/N-ethyl adjacent to an activating group) is 1. The molecule has 1 aromatic rings. The van der Waals surface area contributed by atoms with Gasteiger partial charge in [-0.25, -0.2) is 0 Å². The van der Waals surface area contributed by atoms with Gasteiger partial charge < -0.3 is 15.0 Å². The van der Waals surface area contributed by atoms with E-state index in [0.717, 1.165) is 30.7 Å². The molecule has 0 bridgehead atoms. The highest BCUT2D eigenvalue weighted by Crippen LogP contribution is 2.29. The zero-order valence-electron chi connectivity index (χ0n) is 11.0. The summed E-state index contributed by atoms with van der Waals surface area (Å²) in [5.74, 6) is 0. The molecular formula is C11H17F3N4OS. The number of piperazine rings is 1. The number of aromatic amines is 1. The summed E-state index contributed by atoms with van der Waals surface area (Å²) in [6.45, 7) is 3.61. The van der Waals surface area contributed by atoms with E-state index in [4.69, 9.17) is 12.2 Å². The average molecular weight is 310 g/mol. The molecule has 1 atom stereocenters. The number of aliphatic hydroxyl groups is 1. The Hall–Kier alpha value is -0.900. The van der Waals surface area contributed by atoms with Crippen molar-refractivity contribution in [1.82, 2.24) is 19.4 Å². The summed E-state index contributed by atoms with van der Waals surface area (Å²) in [6.07, 6.45) is -5.92. The van der Waals surface area contributed by atoms with Crippen LogP contribution < -0.4 is 0 Å². The minimum Gasteiger partial charge on any atom is -0.365 e. The molecule has 1 fully saturated rings. The van der Waals surface area contributed by atoms with Crippen molar-refractivity contribution in [3.63, 3.8) is 0 Å². The average Bonchev–Trinajstić information content (AvgIpc) is 2.71. The monoisotopic (exact) mass is 310 g/mol. The van der Waals surface area contributed by atoms with Crippen LogP contribution in [-0.2, 0) is 6.54 Å². The van der Waals surface area contributed by atoms with Crippen molar-refractivity contribution in [3.8, 4) is 0 Å². The maximum atomic E-state index is 12.7. The van der Waals surface area contributed by atoms with E-state index >= 15 is 0 Å². The van der Waals surface area contributed by atoms with E-state index in [1.54, 1.807) is 0 Å². The molecule has 0 radical (unpaired) electrons. The van der Waals surface area contributed by atoms with Crippen LogP contribution in [0.25, 0.3) is 0 Å². The molecule has 9 heteroatoms. The van der Waals surface area contributed by atoms with Gasteiger partial charge in [0.05, 0.1) is 5.69 Å². The van der Waals surface area contributed by atoms with Gasteiger partial charge in [-0.2, -0.15) is 13.2 Å². The van der Waals surface area contributed by atoms with Crippen molar-refractivity contribution in [2.75, 3.05) is 33.2 Å². The number of imidazole rings is 1. The van der Waals surface area contributed by atoms with E-state index in [0.29, 0.717) is 12.2 Å². The molecule has 1 saturated heterocycles. The van der Waals surface area contributed by atoms with Crippen LogP contribution >= 0.6 is 12.2 Å². The van der Waals surface area contributed by atoms with Crippen molar-refractivity contribution in [2.45, 2.75) is 18.9 Å². The van der Waals surface area contributed by atoms with Crippen LogP contribution in [0.2, 0.25) is 0 Å². The normalized spacial score (nSPS) is 20.2. The Bertz CT molecular complexity index is 505. The minimum atomic E-state index is -4.74. The summed E-state index contributed by atoms with van der Waals surface area (Å²) < 4.78 is 38.6. The van der Waals surface area contributed by atoms with Gasteiger partial charge >= 0.3 is 6.18 Å². The quantitative estimate of drug-likeness (QED) is 0.828. The number of alkyl halides is 3. The van der Waals surface area contributed by atoms with Crippen LogP contribution in [-0.4, -0.2) is 63.9 Å². The van der Waals surface area contributed by atoms with E-state index in [1.165, 1.54) is 6.20 Å². The Labute approximate surface area is 119 Å². The van der Waals surface area contributed by atoms with Gasteiger partial charge in [0.25, 0.3) is 0 Å². The summed E-state index contributed by atoms with van der Waals surface area (Å²) in [6, 6.07) is 0. The second-order valence-corrected chi connectivity index (χ2v) is 5.34. The first-order chi connectivity index (χ1) is 9.29. The largest absolute Gasteiger partial charge is 0.433 e. The third-order valence-corrected chi connectivity index (χ3v) is 3.72. The maximum Gasteiger partial charge on any atom is 0.433 e. The number of nitrogens with one attached hydrogen (secondary N) is 1. The third kappa shape index (κ3) is 3.40. The van der Waals surface area contributed by atoms with E-state index < -0.39 is 12.4 Å². The van der Waals surface area contributed by atoms with Gasteiger partial charge in [-0.3, -0.25) is 9.47 Å². The van der Waals surface area contributed by atoms with Gasteiger partial charge in [-0.1, -0.05) is 0 Å². The molecule has 1 unspecified atom stereocenters. The van der Waals surface area contributed by atoms with Gasteiger partial charge in [0.2, 0.25) is 6.23 Å². The molecule has 20 heavy (non-hydrogen) atoms. The Morgan fingerprint density at radius 1 is 1.35 bits per heavy atom.